The van der Waals surface area contributed by atoms with Crippen LogP contribution in [0.4, 0.5) is 5.69 Å². The van der Waals surface area contributed by atoms with E-state index < -0.39 is 5.91 Å². The van der Waals surface area contributed by atoms with Gasteiger partial charge in [0, 0.05) is 6.07 Å². The number of hydrogen-bond acceptors (Lipinski definition) is 4. The minimum Gasteiger partial charge on any atom is -0.497 e. The van der Waals surface area contributed by atoms with Crippen LogP contribution in [0.5, 0.6) is 11.5 Å². The molecule has 0 fully saturated rings. The molecule has 0 bridgehead atoms. The van der Waals surface area contributed by atoms with E-state index in [1.807, 2.05) is 0 Å². The van der Waals surface area contributed by atoms with Gasteiger partial charge in [-0.25, -0.2) is 0 Å². The SMILES string of the molecule is COc1cc(CC(=O)Nc2ccccc2C(N)=O)cc(OC)c1. The first-order chi connectivity index (χ1) is 11.0. The fourth-order valence-corrected chi connectivity index (χ4v) is 2.16. The Bertz CT molecular complexity index is 706. The van der Waals surface area contributed by atoms with Crippen LogP contribution in [0.3, 0.4) is 0 Å². The van der Waals surface area contributed by atoms with E-state index in [0.717, 1.165) is 5.56 Å². The highest BCUT2D eigenvalue weighted by atomic mass is 16.5. The van der Waals surface area contributed by atoms with Crippen molar-refractivity contribution in [2.24, 2.45) is 5.73 Å². The van der Waals surface area contributed by atoms with Crippen LogP contribution in [0.15, 0.2) is 42.5 Å². The monoisotopic (exact) mass is 314 g/mol. The molecule has 2 rings (SSSR count). The van der Waals surface area contributed by atoms with Gasteiger partial charge in [-0.3, -0.25) is 9.59 Å². The molecule has 0 aromatic heterocycles. The Kier molecular flexibility index (Phi) is 5.19. The average molecular weight is 314 g/mol. The maximum absolute atomic E-state index is 12.2. The Labute approximate surface area is 134 Å². The van der Waals surface area contributed by atoms with Crippen LogP contribution in [-0.2, 0) is 11.2 Å². The van der Waals surface area contributed by atoms with Gasteiger partial charge >= 0.3 is 0 Å². The summed E-state index contributed by atoms with van der Waals surface area (Å²) in [5.41, 5.74) is 6.68. The molecule has 0 unspecified atom stereocenters. The minimum absolute atomic E-state index is 0.112. The molecular weight excluding hydrogens is 296 g/mol. The molecule has 0 radical (unpaired) electrons. The van der Waals surface area contributed by atoms with E-state index in [4.69, 9.17) is 15.2 Å². The Morgan fingerprint density at radius 1 is 1.04 bits per heavy atom. The molecule has 6 heteroatoms. The molecule has 6 nitrogen and oxygen atoms in total. The second-order valence-corrected chi connectivity index (χ2v) is 4.86. The normalized spacial score (nSPS) is 10.0. The van der Waals surface area contributed by atoms with Crippen molar-refractivity contribution in [2.45, 2.75) is 6.42 Å². The zero-order valence-corrected chi connectivity index (χ0v) is 13.0. The van der Waals surface area contributed by atoms with Crippen molar-refractivity contribution in [2.75, 3.05) is 19.5 Å². The summed E-state index contributed by atoms with van der Waals surface area (Å²) < 4.78 is 10.3. The lowest BCUT2D eigenvalue weighted by Gasteiger charge is -2.10. The number of ether oxygens (including phenoxy) is 2. The molecule has 0 aliphatic heterocycles. The molecule has 0 spiro atoms. The van der Waals surface area contributed by atoms with E-state index in [1.165, 1.54) is 0 Å². The number of methoxy groups -OCH3 is 2. The number of benzene rings is 2. The molecule has 0 saturated carbocycles. The van der Waals surface area contributed by atoms with Crippen molar-refractivity contribution in [3.05, 3.63) is 53.6 Å². The molecule has 23 heavy (non-hydrogen) atoms. The first-order valence-corrected chi connectivity index (χ1v) is 6.94. The van der Waals surface area contributed by atoms with Crippen molar-refractivity contribution in [1.29, 1.82) is 0 Å². The van der Waals surface area contributed by atoms with Crippen LogP contribution in [0.1, 0.15) is 15.9 Å². The van der Waals surface area contributed by atoms with Gasteiger partial charge in [-0.1, -0.05) is 12.1 Å². The number of para-hydroxylation sites is 1. The maximum Gasteiger partial charge on any atom is 0.250 e. The topological polar surface area (TPSA) is 90.6 Å². The lowest BCUT2D eigenvalue weighted by atomic mass is 10.1. The quantitative estimate of drug-likeness (QED) is 0.853. The highest BCUT2D eigenvalue weighted by Gasteiger charge is 2.12. The Balaban J connectivity index is 2.16. The molecular formula is C17H18N2O4. The van der Waals surface area contributed by atoms with Gasteiger partial charge in [-0.2, -0.15) is 0 Å². The number of nitrogens with one attached hydrogen (secondary N) is 1. The Morgan fingerprint density at radius 2 is 1.65 bits per heavy atom. The summed E-state index contributed by atoms with van der Waals surface area (Å²) in [7, 11) is 3.09. The summed E-state index contributed by atoms with van der Waals surface area (Å²) in [5.74, 6) is 0.340. The van der Waals surface area contributed by atoms with E-state index in [-0.39, 0.29) is 17.9 Å². The van der Waals surface area contributed by atoms with Gasteiger partial charge in [-0.05, 0) is 29.8 Å². The van der Waals surface area contributed by atoms with Crippen LogP contribution in [0.25, 0.3) is 0 Å². The number of nitrogens with two attached hydrogens (primary N) is 1. The number of carbonyl (C=O) groups excluding carboxylic acids is 2. The van der Waals surface area contributed by atoms with E-state index in [2.05, 4.69) is 5.32 Å². The predicted octanol–water partition coefficient (Wildman–Crippen LogP) is 1.98. The Morgan fingerprint density at radius 3 is 2.22 bits per heavy atom. The lowest BCUT2D eigenvalue weighted by molar-refractivity contribution is -0.115. The maximum atomic E-state index is 12.2. The number of amides is 2. The van der Waals surface area contributed by atoms with E-state index in [1.54, 1.807) is 56.7 Å². The van der Waals surface area contributed by atoms with E-state index >= 15 is 0 Å². The predicted molar refractivity (Wildman–Crippen MR) is 86.8 cm³/mol. The first-order valence-electron chi connectivity index (χ1n) is 6.94. The van der Waals surface area contributed by atoms with E-state index in [9.17, 15) is 9.59 Å². The van der Waals surface area contributed by atoms with E-state index in [0.29, 0.717) is 17.2 Å². The van der Waals surface area contributed by atoms with Gasteiger partial charge in [0.2, 0.25) is 5.91 Å². The van der Waals surface area contributed by atoms with Gasteiger partial charge in [0.15, 0.2) is 0 Å². The molecule has 2 aromatic carbocycles. The summed E-state index contributed by atoms with van der Waals surface area (Å²) in [6, 6.07) is 11.8. The highest BCUT2D eigenvalue weighted by molar-refractivity contribution is 6.03. The lowest BCUT2D eigenvalue weighted by Crippen LogP contribution is -2.19. The van der Waals surface area contributed by atoms with Crippen LogP contribution < -0.4 is 20.5 Å². The van der Waals surface area contributed by atoms with Crippen molar-refractivity contribution < 1.29 is 19.1 Å². The molecule has 3 N–H and O–H groups in total. The van der Waals surface area contributed by atoms with Crippen LogP contribution >= 0.6 is 0 Å². The molecule has 0 atom stereocenters. The molecule has 2 amide bonds. The second-order valence-electron chi connectivity index (χ2n) is 4.86. The fraction of sp³-hybridized carbons (Fsp3) is 0.176. The van der Waals surface area contributed by atoms with Crippen LogP contribution in [-0.4, -0.2) is 26.0 Å². The number of carbonyl (C=O) groups is 2. The van der Waals surface area contributed by atoms with Crippen LogP contribution in [0, 0.1) is 0 Å². The fourth-order valence-electron chi connectivity index (χ4n) is 2.16. The first kappa shape index (κ1) is 16.4. The smallest absolute Gasteiger partial charge is 0.250 e. The average Bonchev–Trinajstić information content (AvgIpc) is 2.54. The van der Waals surface area contributed by atoms with Gasteiger partial charge in [0.25, 0.3) is 5.91 Å². The van der Waals surface area contributed by atoms with Crippen molar-refractivity contribution in [3.8, 4) is 11.5 Å². The molecule has 2 aromatic rings. The minimum atomic E-state index is -0.594. The zero-order valence-electron chi connectivity index (χ0n) is 13.0. The number of rotatable bonds is 6. The van der Waals surface area contributed by atoms with Gasteiger partial charge in [0.05, 0.1) is 31.9 Å². The second kappa shape index (κ2) is 7.31. The van der Waals surface area contributed by atoms with Crippen LogP contribution in [0.2, 0.25) is 0 Å². The number of hydrogen-bond donors (Lipinski definition) is 2. The third-order valence-electron chi connectivity index (χ3n) is 3.24. The Hall–Kier alpha value is -3.02. The third kappa shape index (κ3) is 4.23. The van der Waals surface area contributed by atoms with Gasteiger partial charge in [-0.15, -0.1) is 0 Å². The molecule has 0 aliphatic rings. The van der Waals surface area contributed by atoms with Crippen molar-refractivity contribution in [1.82, 2.24) is 0 Å². The third-order valence-corrected chi connectivity index (χ3v) is 3.24. The summed E-state index contributed by atoms with van der Waals surface area (Å²) in [6.07, 6.45) is 0.112. The molecule has 120 valence electrons. The summed E-state index contributed by atoms with van der Waals surface area (Å²) >= 11 is 0. The standard InChI is InChI=1S/C17H18N2O4/c1-22-12-7-11(8-13(10-12)23-2)9-16(20)19-15-6-4-3-5-14(15)17(18)21/h3-8,10H,9H2,1-2H3,(H2,18,21)(H,19,20). The number of primary amides is 1. The zero-order chi connectivity index (χ0) is 16.8. The van der Waals surface area contributed by atoms with Crippen molar-refractivity contribution >= 4 is 17.5 Å². The molecule has 0 heterocycles. The number of anilines is 1. The van der Waals surface area contributed by atoms with Gasteiger partial charge in [0.1, 0.15) is 11.5 Å². The highest BCUT2D eigenvalue weighted by Crippen LogP contribution is 2.23. The molecule has 0 aliphatic carbocycles. The largest absolute Gasteiger partial charge is 0.497 e. The molecule has 0 saturated heterocycles. The summed E-state index contributed by atoms with van der Waals surface area (Å²) in [6.45, 7) is 0. The van der Waals surface area contributed by atoms with Crippen molar-refractivity contribution in [3.63, 3.8) is 0 Å². The van der Waals surface area contributed by atoms with Gasteiger partial charge < -0.3 is 20.5 Å². The summed E-state index contributed by atoms with van der Waals surface area (Å²) in [5, 5.41) is 2.69. The summed E-state index contributed by atoms with van der Waals surface area (Å²) in [4.78, 5) is 23.6.